The highest BCUT2D eigenvalue weighted by Crippen LogP contribution is 2.28. The van der Waals surface area contributed by atoms with E-state index in [4.69, 9.17) is 10.1 Å². The zero-order chi connectivity index (χ0) is 18.2. The summed E-state index contributed by atoms with van der Waals surface area (Å²) in [4.78, 5) is 11.4. The lowest BCUT2D eigenvalue weighted by Gasteiger charge is -2.31. The summed E-state index contributed by atoms with van der Waals surface area (Å²) in [5, 5.41) is 7.07. The van der Waals surface area contributed by atoms with Gasteiger partial charge in [0.05, 0.1) is 11.9 Å². The van der Waals surface area contributed by atoms with E-state index in [1.54, 1.807) is 0 Å². The van der Waals surface area contributed by atoms with Crippen LogP contribution in [0.4, 0.5) is 5.69 Å². The highest BCUT2D eigenvalue weighted by atomic mass is 32.1. The van der Waals surface area contributed by atoms with Crippen LogP contribution in [0.3, 0.4) is 0 Å². The molecule has 5 heterocycles. The van der Waals surface area contributed by atoms with E-state index in [0.717, 1.165) is 37.7 Å². The zero-order valence-electron chi connectivity index (χ0n) is 16.0. The molecule has 2 aliphatic heterocycles. The van der Waals surface area contributed by atoms with Gasteiger partial charge in [0.2, 0.25) is 0 Å². The molecule has 142 valence electrons. The molecule has 2 saturated heterocycles. The first-order valence-electron chi connectivity index (χ1n) is 10.1. The SMILES string of the molecule is Cc1ccsc1CN1CCCC(c2nc3ccc(N4CCCC4)cn3n2)C1. The molecule has 0 saturated carbocycles. The number of hydrogen-bond donors (Lipinski definition) is 0. The smallest absolute Gasteiger partial charge is 0.156 e. The molecular formula is C21H27N5S. The monoisotopic (exact) mass is 381 g/mol. The van der Waals surface area contributed by atoms with Crippen LogP contribution < -0.4 is 4.90 Å². The predicted molar refractivity (Wildman–Crippen MR) is 111 cm³/mol. The van der Waals surface area contributed by atoms with Gasteiger partial charge in [-0.2, -0.15) is 5.10 Å². The minimum Gasteiger partial charge on any atom is -0.370 e. The molecule has 5 rings (SSSR count). The molecule has 0 aliphatic carbocycles. The van der Waals surface area contributed by atoms with Crippen molar-refractivity contribution in [1.29, 1.82) is 0 Å². The fourth-order valence-electron chi connectivity index (χ4n) is 4.40. The molecule has 5 nitrogen and oxygen atoms in total. The van der Waals surface area contributed by atoms with Gasteiger partial charge in [-0.25, -0.2) is 9.50 Å². The maximum Gasteiger partial charge on any atom is 0.156 e. The second kappa shape index (κ2) is 7.24. The number of aromatic nitrogens is 3. The summed E-state index contributed by atoms with van der Waals surface area (Å²) in [5.74, 6) is 1.45. The fraction of sp³-hybridized carbons (Fsp3) is 0.524. The number of anilines is 1. The van der Waals surface area contributed by atoms with Crippen LogP contribution in [-0.4, -0.2) is 45.7 Å². The highest BCUT2D eigenvalue weighted by Gasteiger charge is 2.25. The first-order valence-corrected chi connectivity index (χ1v) is 11.0. The van der Waals surface area contributed by atoms with Gasteiger partial charge in [-0.3, -0.25) is 4.90 Å². The second-order valence-corrected chi connectivity index (χ2v) is 8.96. The molecule has 2 fully saturated rings. The molecule has 1 unspecified atom stereocenters. The Balaban J connectivity index is 1.34. The summed E-state index contributed by atoms with van der Waals surface area (Å²) in [6.07, 6.45) is 7.16. The molecular weight excluding hydrogens is 354 g/mol. The fourth-order valence-corrected chi connectivity index (χ4v) is 5.35. The maximum absolute atomic E-state index is 4.87. The summed E-state index contributed by atoms with van der Waals surface area (Å²) in [5.41, 5.74) is 3.66. The molecule has 27 heavy (non-hydrogen) atoms. The third-order valence-electron chi connectivity index (χ3n) is 6.01. The van der Waals surface area contributed by atoms with Crippen LogP contribution in [0, 0.1) is 6.92 Å². The van der Waals surface area contributed by atoms with Crippen LogP contribution in [0.1, 0.15) is 47.9 Å². The van der Waals surface area contributed by atoms with Crippen LogP contribution in [0.2, 0.25) is 0 Å². The van der Waals surface area contributed by atoms with Crippen molar-refractivity contribution >= 4 is 22.7 Å². The summed E-state index contributed by atoms with van der Waals surface area (Å²) in [6.45, 7) is 7.84. The topological polar surface area (TPSA) is 36.7 Å². The van der Waals surface area contributed by atoms with Crippen molar-refractivity contribution in [2.45, 2.75) is 45.1 Å². The van der Waals surface area contributed by atoms with Crippen LogP contribution in [-0.2, 0) is 6.54 Å². The van der Waals surface area contributed by atoms with Crippen molar-refractivity contribution in [3.05, 3.63) is 46.0 Å². The number of nitrogens with zero attached hydrogens (tertiary/aromatic N) is 5. The molecule has 6 heteroatoms. The molecule has 0 bridgehead atoms. The third kappa shape index (κ3) is 3.48. The highest BCUT2D eigenvalue weighted by molar-refractivity contribution is 7.10. The number of piperidine rings is 1. The minimum atomic E-state index is 0.439. The second-order valence-electron chi connectivity index (χ2n) is 7.96. The van der Waals surface area contributed by atoms with Gasteiger partial charge in [-0.05, 0) is 68.3 Å². The van der Waals surface area contributed by atoms with Gasteiger partial charge in [0.15, 0.2) is 11.5 Å². The summed E-state index contributed by atoms with van der Waals surface area (Å²) in [6, 6.07) is 6.55. The van der Waals surface area contributed by atoms with E-state index in [2.05, 4.69) is 46.5 Å². The number of aryl methyl sites for hydroxylation is 1. The van der Waals surface area contributed by atoms with E-state index in [9.17, 15) is 0 Å². The van der Waals surface area contributed by atoms with E-state index in [1.165, 1.54) is 48.4 Å². The van der Waals surface area contributed by atoms with Crippen LogP contribution >= 0.6 is 11.3 Å². The Kier molecular flexibility index (Phi) is 4.61. The van der Waals surface area contributed by atoms with Crippen molar-refractivity contribution in [3.8, 4) is 0 Å². The lowest BCUT2D eigenvalue weighted by molar-refractivity contribution is 0.198. The van der Waals surface area contributed by atoms with E-state index in [1.807, 2.05) is 15.9 Å². The van der Waals surface area contributed by atoms with E-state index in [0.29, 0.717) is 5.92 Å². The molecule has 0 aromatic carbocycles. The van der Waals surface area contributed by atoms with Gasteiger partial charge in [0.1, 0.15) is 0 Å². The molecule has 0 amide bonds. The number of pyridine rings is 1. The molecule has 3 aromatic heterocycles. The summed E-state index contributed by atoms with van der Waals surface area (Å²) in [7, 11) is 0. The molecule has 3 aromatic rings. The Bertz CT molecular complexity index is 924. The number of thiophene rings is 1. The lowest BCUT2D eigenvalue weighted by atomic mass is 9.97. The number of fused-ring (bicyclic) bond motifs is 1. The summed E-state index contributed by atoms with van der Waals surface area (Å²) < 4.78 is 1.99. The molecule has 0 spiro atoms. The first-order chi connectivity index (χ1) is 13.3. The first kappa shape index (κ1) is 17.2. The quantitative estimate of drug-likeness (QED) is 0.682. The molecule has 2 aliphatic rings. The predicted octanol–water partition coefficient (Wildman–Crippen LogP) is 4.08. The van der Waals surface area contributed by atoms with Crippen molar-refractivity contribution < 1.29 is 0 Å². The van der Waals surface area contributed by atoms with E-state index >= 15 is 0 Å². The third-order valence-corrected chi connectivity index (χ3v) is 7.02. The van der Waals surface area contributed by atoms with Gasteiger partial charge in [-0.15, -0.1) is 11.3 Å². The number of rotatable bonds is 4. The lowest BCUT2D eigenvalue weighted by Crippen LogP contribution is -2.34. The Morgan fingerprint density at radius 1 is 1.11 bits per heavy atom. The van der Waals surface area contributed by atoms with Crippen molar-refractivity contribution in [2.75, 3.05) is 31.1 Å². The number of likely N-dealkylation sites (tertiary alicyclic amines) is 1. The normalized spacial score (nSPS) is 21.4. The van der Waals surface area contributed by atoms with Crippen LogP contribution in [0.5, 0.6) is 0 Å². The molecule has 1 atom stereocenters. The van der Waals surface area contributed by atoms with Gasteiger partial charge < -0.3 is 4.90 Å². The van der Waals surface area contributed by atoms with Gasteiger partial charge in [0.25, 0.3) is 0 Å². The van der Waals surface area contributed by atoms with E-state index in [-0.39, 0.29) is 0 Å². The van der Waals surface area contributed by atoms with Gasteiger partial charge >= 0.3 is 0 Å². The zero-order valence-corrected chi connectivity index (χ0v) is 16.8. The van der Waals surface area contributed by atoms with Crippen molar-refractivity contribution in [3.63, 3.8) is 0 Å². The number of hydrogen-bond acceptors (Lipinski definition) is 5. The minimum absolute atomic E-state index is 0.439. The maximum atomic E-state index is 4.87. The summed E-state index contributed by atoms with van der Waals surface area (Å²) >= 11 is 1.88. The van der Waals surface area contributed by atoms with Gasteiger partial charge in [-0.1, -0.05) is 0 Å². The average Bonchev–Trinajstić information content (AvgIpc) is 3.42. The van der Waals surface area contributed by atoms with Crippen LogP contribution in [0.15, 0.2) is 29.8 Å². The standard InChI is InChI=1S/C21H27N5S/c1-16-8-12-27-19(16)15-24-9-4-5-17(13-24)21-22-20-7-6-18(14-26(20)23-21)25-10-2-3-11-25/h6-8,12,14,17H,2-5,9-11,13,15H2,1H3. The van der Waals surface area contributed by atoms with Gasteiger partial charge in [0, 0.05) is 37.0 Å². The Hall–Kier alpha value is -1.92. The van der Waals surface area contributed by atoms with Crippen LogP contribution in [0.25, 0.3) is 5.65 Å². The largest absolute Gasteiger partial charge is 0.370 e. The average molecular weight is 382 g/mol. The van der Waals surface area contributed by atoms with Crippen molar-refractivity contribution in [1.82, 2.24) is 19.5 Å². The Morgan fingerprint density at radius 3 is 2.81 bits per heavy atom. The van der Waals surface area contributed by atoms with Crippen molar-refractivity contribution in [2.24, 2.45) is 0 Å². The van der Waals surface area contributed by atoms with E-state index < -0.39 is 0 Å². The molecule has 0 radical (unpaired) electrons. The Labute approximate surface area is 164 Å². The molecule has 0 N–H and O–H groups in total. The Morgan fingerprint density at radius 2 is 2.00 bits per heavy atom.